The third kappa shape index (κ3) is 5.93. The molecule has 1 saturated carbocycles. The maximum Gasteiger partial charge on any atom is 0.248 e. The predicted molar refractivity (Wildman–Crippen MR) is 115 cm³/mol. The first-order chi connectivity index (χ1) is 15.2. The van der Waals surface area contributed by atoms with Gasteiger partial charge in [-0.25, -0.2) is 13.2 Å². The number of halogens is 3. The van der Waals surface area contributed by atoms with Crippen LogP contribution in [-0.4, -0.2) is 46.8 Å². The van der Waals surface area contributed by atoms with Crippen molar-refractivity contribution in [1.29, 1.82) is 0 Å². The van der Waals surface area contributed by atoms with Gasteiger partial charge in [-0.3, -0.25) is 14.4 Å². The van der Waals surface area contributed by atoms with Gasteiger partial charge in [0, 0.05) is 32.2 Å². The van der Waals surface area contributed by atoms with Crippen LogP contribution in [0, 0.1) is 11.7 Å². The SMILES string of the molecule is CC(C)(C)c1ccc(CC(=O)C(NC(=O)[C@@H]2CNC(=O)C2)C2(O)CCC(F)(F)CC2)cc1F. The fourth-order valence-electron chi connectivity index (χ4n) is 4.48. The molecule has 1 aromatic carbocycles. The summed E-state index contributed by atoms with van der Waals surface area (Å²) in [5.41, 5.74) is -1.45. The number of carbonyl (C=O) groups excluding carboxylic acids is 3. The molecule has 3 rings (SSSR count). The van der Waals surface area contributed by atoms with Crippen LogP contribution in [0.3, 0.4) is 0 Å². The molecule has 1 saturated heterocycles. The van der Waals surface area contributed by atoms with E-state index in [1.54, 1.807) is 12.1 Å². The van der Waals surface area contributed by atoms with Gasteiger partial charge in [-0.15, -0.1) is 0 Å². The molecule has 6 nitrogen and oxygen atoms in total. The summed E-state index contributed by atoms with van der Waals surface area (Å²) < 4.78 is 42.0. The van der Waals surface area contributed by atoms with Crippen molar-refractivity contribution in [3.8, 4) is 0 Å². The average molecular weight is 469 g/mol. The summed E-state index contributed by atoms with van der Waals surface area (Å²) >= 11 is 0. The maximum absolute atomic E-state index is 14.6. The number of nitrogens with one attached hydrogen (secondary N) is 2. The molecule has 182 valence electrons. The van der Waals surface area contributed by atoms with Gasteiger partial charge in [0.2, 0.25) is 17.7 Å². The first kappa shape index (κ1) is 25.2. The Morgan fingerprint density at radius 2 is 1.85 bits per heavy atom. The number of hydrogen-bond acceptors (Lipinski definition) is 4. The second kappa shape index (κ2) is 9.08. The molecule has 2 fully saturated rings. The number of Topliss-reactive ketones (excluding diaryl/α,β-unsaturated/α-hetero) is 1. The Hall–Kier alpha value is -2.42. The van der Waals surface area contributed by atoms with Gasteiger partial charge >= 0.3 is 0 Å². The van der Waals surface area contributed by atoms with E-state index in [-0.39, 0.29) is 38.1 Å². The molecule has 2 atom stereocenters. The molecule has 1 aromatic rings. The summed E-state index contributed by atoms with van der Waals surface area (Å²) in [7, 11) is 0. The molecule has 1 aliphatic heterocycles. The van der Waals surface area contributed by atoms with Crippen molar-refractivity contribution in [2.75, 3.05) is 6.54 Å². The average Bonchev–Trinajstić information content (AvgIpc) is 3.14. The fourth-order valence-corrected chi connectivity index (χ4v) is 4.48. The van der Waals surface area contributed by atoms with E-state index in [1.165, 1.54) is 6.07 Å². The van der Waals surface area contributed by atoms with Gasteiger partial charge < -0.3 is 15.7 Å². The number of benzene rings is 1. The Labute approximate surface area is 191 Å². The standard InChI is InChI=1S/C24H31F3N2O4/c1-22(2,3)16-5-4-14(10-17(16)25)11-18(30)20(23(33)6-8-24(26,27)9-7-23)29-21(32)15-12-19(31)28-13-15/h4-5,10,15,20,33H,6-9,11-13H2,1-3H3,(H,28,31)(H,29,32)/t15-,20?/m0/s1. The van der Waals surface area contributed by atoms with Crippen LogP contribution in [-0.2, 0) is 26.2 Å². The number of hydrogen-bond donors (Lipinski definition) is 3. The van der Waals surface area contributed by atoms with Crippen LogP contribution in [0.15, 0.2) is 18.2 Å². The van der Waals surface area contributed by atoms with Gasteiger partial charge in [-0.05, 0) is 35.4 Å². The van der Waals surface area contributed by atoms with E-state index in [4.69, 9.17) is 0 Å². The summed E-state index contributed by atoms with van der Waals surface area (Å²) in [6, 6.07) is 3.01. The lowest BCUT2D eigenvalue weighted by molar-refractivity contribution is -0.147. The Bertz CT molecular complexity index is 932. The van der Waals surface area contributed by atoms with Crippen LogP contribution in [0.1, 0.15) is 64.0 Å². The summed E-state index contributed by atoms with van der Waals surface area (Å²) in [5, 5.41) is 16.2. The number of ketones is 1. The molecule has 9 heteroatoms. The zero-order valence-electron chi connectivity index (χ0n) is 19.1. The molecule has 1 aliphatic carbocycles. The van der Waals surface area contributed by atoms with Crippen LogP contribution in [0.4, 0.5) is 13.2 Å². The molecule has 3 N–H and O–H groups in total. The third-order valence-corrected chi connectivity index (χ3v) is 6.56. The molecule has 33 heavy (non-hydrogen) atoms. The van der Waals surface area contributed by atoms with Crippen LogP contribution in [0.2, 0.25) is 0 Å². The fraction of sp³-hybridized carbons (Fsp3) is 0.625. The van der Waals surface area contributed by atoms with E-state index in [1.807, 2.05) is 20.8 Å². The predicted octanol–water partition coefficient (Wildman–Crippen LogP) is 2.80. The van der Waals surface area contributed by atoms with Crippen molar-refractivity contribution in [2.24, 2.45) is 5.92 Å². The topological polar surface area (TPSA) is 95.5 Å². The van der Waals surface area contributed by atoms with Crippen molar-refractivity contribution in [3.05, 3.63) is 35.1 Å². The lowest BCUT2D eigenvalue weighted by Crippen LogP contribution is -2.60. The van der Waals surface area contributed by atoms with Crippen molar-refractivity contribution in [2.45, 2.75) is 82.3 Å². The normalized spacial score (nSPS) is 23.0. The van der Waals surface area contributed by atoms with E-state index in [2.05, 4.69) is 10.6 Å². The highest BCUT2D eigenvalue weighted by Gasteiger charge is 2.49. The van der Waals surface area contributed by atoms with Crippen LogP contribution >= 0.6 is 0 Å². The quantitative estimate of drug-likeness (QED) is 0.598. The Morgan fingerprint density at radius 3 is 2.36 bits per heavy atom. The molecule has 2 amide bonds. The second-order valence-corrected chi connectivity index (χ2v) is 10.3. The third-order valence-electron chi connectivity index (χ3n) is 6.56. The second-order valence-electron chi connectivity index (χ2n) is 10.3. The molecule has 1 unspecified atom stereocenters. The van der Waals surface area contributed by atoms with E-state index < -0.39 is 59.2 Å². The van der Waals surface area contributed by atoms with Crippen LogP contribution in [0.25, 0.3) is 0 Å². The van der Waals surface area contributed by atoms with Crippen molar-refractivity contribution >= 4 is 17.6 Å². The maximum atomic E-state index is 14.6. The molecule has 0 radical (unpaired) electrons. The lowest BCUT2D eigenvalue weighted by atomic mass is 9.75. The number of alkyl halides is 2. The first-order valence-corrected chi connectivity index (χ1v) is 11.2. The number of rotatable bonds is 6. The molecule has 0 spiro atoms. The highest BCUT2D eigenvalue weighted by molar-refractivity contribution is 5.94. The monoisotopic (exact) mass is 468 g/mol. The van der Waals surface area contributed by atoms with Crippen LogP contribution < -0.4 is 10.6 Å². The van der Waals surface area contributed by atoms with E-state index in [0.717, 1.165) is 0 Å². The zero-order chi connectivity index (χ0) is 24.6. The van der Waals surface area contributed by atoms with E-state index in [9.17, 15) is 32.7 Å². The van der Waals surface area contributed by atoms with Crippen LogP contribution in [0.5, 0.6) is 0 Å². The summed E-state index contributed by atoms with van der Waals surface area (Å²) in [4.78, 5) is 37.4. The highest BCUT2D eigenvalue weighted by atomic mass is 19.3. The van der Waals surface area contributed by atoms with Gasteiger partial charge in [0.15, 0.2) is 5.78 Å². The molecule has 1 heterocycles. The first-order valence-electron chi connectivity index (χ1n) is 11.2. The minimum atomic E-state index is -2.95. The molecular formula is C24H31F3N2O4. The molecule has 2 aliphatic rings. The molecule has 0 bridgehead atoms. The van der Waals surface area contributed by atoms with Gasteiger partial charge in [0.05, 0.1) is 11.5 Å². The number of aliphatic hydroxyl groups is 1. The van der Waals surface area contributed by atoms with Crippen molar-refractivity contribution < 1.29 is 32.7 Å². The van der Waals surface area contributed by atoms with E-state index >= 15 is 0 Å². The van der Waals surface area contributed by atoms with Gasteiger partial charge in [-0.1, -0.05) is 32.9 Å². The van der Waals surface area contributed by atoms with E-state index in [0.29, 0.717) is 11.1 Å². The Balaban J connectivity index is 1.82. The zero-order valence-corrected chi connectivity index (χ0v) is 19.1. The van der Waals surface area contributed by atoms with Gasteiger partial charge in [-0.2, -0.15) is 0 Å². The minimum Gasteiger partial charge on any atom is -0.387 e. The summed E-state index contributed by atoms with van der Waals surface area (Å²) in [6.07, 6.45) is -2.29. The summed E-state index contributed by atoms with van der Waals surface area (Å²) in [6.45, 7) is 5.68. The lowest BCUT2D eigenvalue weighted by Gasteiger charge is -2.41. The summed E-state index contributed by atoms with van der Waals surface area (Å²) in [5.74, 6) is -5.64. The Kier molecular flexibility index (Phi) is 6.94. The Morgan fingerprint density at radius 1 is 1.21 bits per heavy atom. The largest absolute Gasteiger partial charge is 0.387 e. The van der Waals surface area contributed by atoms with Crippen molar-refractivity contribution in [3.63, 3.8) is 0 Å². The van der Waals surface area contributed by atoms with Gasteiger partial charge in [0.1, 0.15) is 11.9 Å². The number of amides is 2. The smallest absolute Gasteiger partial charge is 0.248 e. The minimum absolute atomic E-state index is 0.0529. The molecular weight excluding hydrogens is 437 g/mol. The number of carbonyl (C=O) groups is 3. The highest BCUT2D eigenvalue weighted by Crippen LogP contribution is 2.40. The van der Waals surface area contributed by atoms with Crippen molar-refractivity contribution in [1.82, 2.24) is 10.6 Å². The molecule has 0 aromatic heterocycles. The van der Waals surface area contributed by atoms with Gasteiger partial charge in [0.25, 0.3) is 0 Å².